The van der Waals surface area contributed by atoms with E-state index in [4.69, 9.17) is 11.0 Å². The zero-order chi connectivity index (χ0) is 15.2. The number of carbonyl (C=O) groups excluding carboxylic acids is 1. The minimum atomic E-state index is -0.163. The van der Waals surface area contributed by atoms with Crippen molar-refractivity contribution < 1.29 is 4.79 Å². The summed E-state index contributed by atoms with van der Waals surface area (Å²) in [6.07, 6.45) is 1.40. The molecule has 0 unspecified atom stereocenters. The molecule has 106 valence electrons. The fourth-order valence-electron chi connectivity index (χ4n) is 1.99. The SMILES string of the molecule is CCN(Cc1cccc(N)c1)C(=O)c1ccc(C#N)cn1. The third-order valence-corrected chi connectivity index (χ3v) is 3.11. The number of aromatic nitrogens is 1. The van der Waals surface area contributed by atoms with Crippen molar-refractivity contribution in [3.05, 3.63) is 59.4 Å². The van der Waals surface area contributed by atoms with Gasteiger partial charge in [-0.3, -0.25) is 4.79 Å². The van der Waals surface area contributed by atoms with Gasteiger partial charge in [0.05, 0.1) is 5.56 Å². The van der Waals surface area contributed by atoms with Gasteiger partial charge in [-0.25, -0.2) is 4.98 Å². The standard InChI is InChI=1S/C16H16N4O/c1-2-20(11-12-4-3-5-14(18)8-12)16(21)15-7-6-13(9-17)10-19-15/h3-8,10H,2,11,18H2,1H3. The molecule has 0 saturated heterocycles. The van der Waals surface area contributed by atoms with E-state index < -0.39 is 0 Å². The Kier molecular flexibility index (Phi) is 4.52. The molecule has 2 aromatic rings. The minimum Gasteiger partial charge on any atom is -0.399 e. The quantitative estimate of drug-likeness (QED) is 0.870. The van der Waals surface area contributed by atoms with Crippen molar-refractivity contribution in [2.75, 3.05) is 12.3 Å². The van der Waals surface area contributed by atoms with Gasteiger partial charge in [-0.2, -0.15) is 5.26 Å². The highest BCUT2D eigenvalue weighted by atomic mass is 16.2. The largest absolute Gasteiger partial charge is 0.399 e. The Morgan fingerprint density at radius 1 is 1.38 bits per heavy atom. The second-order valence-electron chi connectivity index (χ2n) is 4.61. The summed E-state index contributed by atoms with van der Waals surface area (Å²) < 4.78 is 0. The van der Waals surface area contributed by atoms with Crippen LogP contribution in [0.5, 0.6) is 0 Å². The van der Waals surface area contributed by atoms with E-state index in [0.717, 1.165) is 5.56 Å². The van der Waals surface area contributed by atoms with E-state index in [2.05, 4.69) is 4.98 Å². The maximum Gasteiger partial charge on any atom is 0.272 e. The number of nitriles is 1. The number of nitrogens with two attached hydrogens (primary N) is 1. The average molecular weight is 280 g/mol. The molecule has 2 N–H and O–H groups in total. The summed E-state index contributed by atoms with van der Waals surface area (Å²) in [6.45, 7) is 2.95. The van der Waals surface area contributed by atoms with Gasteiger partial charge in [-0.05, 0) is 36.8 Å². The smallest absolute Gasteiger partial charge is 0.272 e. The number of pyridine rings is 1. The summed E-state index contributed by atoms with van der Waals surface area (Å²) in [5.74, 6) is -0.163. The van der Waals surface area contributed by atoms with Crippen LogP contribution in [0.2, 0.25) is 0 Å². The molecular weight excluding hydrogens is 264 g/mol. The molecule has 0 radical (unpaired) electrons. The van der Waals surface area contributed by atoms with Gasteiger partial charge in [0, 0.05) is 25.0 Å². The molecule has 1 aromatic carbocycles. The Hall–Kier alpha value is -2.87. The van der Waals surface area contributed by atoms with Crippen LogP contribution in [-0.2, 0) is 6.54 Å². The Bertz CT molecular complexity index is 673. The molecule has 0 spiro atoms. The molecule has 1 aromatic heterocycles. The first kappa shape index (κ1) is 14.5. The van der Waals surface area contributed by atoms with Crippen molar-refractivity contribution in [1.82, 2.24) is 9.88 Å². The van der Waals surface area contributed by atoms with Crippen LogP contribution >= 0.6 is 0 Å². The topological polar surface area (TPSA) is 83.0 Å². The second-order valence-corrected chi connectivity index (χ2v) is 4.61. The highest BCUT2D eigenvalue weighted by Gasteiger charge is 2.15. The van der Waals surface area contributed by atoms with Crippen LogP contribution < -0.4 is 5.73 Å². The predicted octanol–water partition coefficient (Wildman–Crippen LogP) is 2.20. The molecule has 5 nitrogen and oxygen atoms in total. The number of amides is 1. The van der Waals surface area contributed by atoms with Gasteiger partial charge in [0.15, 0.2) is 0 Å². The first-order valence-corrected chi connectivity index (χ1v) is 6.64. The number of hydrogen-bond acceptors (Lipinski definition) is 4. The molecule has 0 aliphatic carbocycles. The van der Waals surface area contributed by atoms with Gasteiger partial charge in [0.2, 0.25) is 0 Å². The summed E-state index contributed by atoms with van der Waals surface area (Å²) in [7, 11) is 0. The van der Waals surface area contributed by atoms with Crippen LogP contribution in [0, 0.1) is 11.3 Å². The van der Waals surface area contributed by atoms with Crippen molar-refractivity contribution >= 4 is 11.6 Å². The van der Waals surface area contributed by atoms with E-state index in [1.54, 1.807) is 17.0 Å². The average Bonchev–Trinajstić information content (AvgIpc) is 2.52. The van der Waals surface area contributed by atoms with Gasteiger partial charge in [0.25, 0.3) is 5.91 Å². The van der Waals surface area contributed by atoms with Crippen LogP contribution in [0.1, 0.15) is 28.5 Å². The maximum atomic E-state index is 12.4. The minimum absolute atomic E-state index is 0.163. The molecular formula is C16H16N4O. The number of nitrogens with zero attached hydrogens (tertiary/aromatic N) is 3. The highest BCUT2D eigenvalue weighted by Crippen LogP contribution is 2.12. The summed E-state index contributed by atoms with van der Waals surface area (Å²) in [5, 5.41) is 8.75. The molecule has 1 heterocycles. The van der Waals surface area contributed by atoms with E-state index in [9.17, 15) is 4.79 Å². The number of rotatable bonds is 4. The molecule has 21 heavy (non-hydrogen) atoms. The number of anilines is 1. The third-order valence-electron chi connectivity index (χ3n) is 3.11. The highest BCUT2D eigenvalue weighted by molar-refractivity contribution is 5.92. The zero-order valence-corrected chi connectivity index (χ0v) is 11.8. The van der Waals surface area contributed by atoms with Gasteiger partial charge in [0.1, 0.15) is 11.8 Å². The van der Waals surface area contributed by atoms with Gasteiger partial charge in [-0.15, -0.1) is 0 Å². The summed E-state index contributed by atoms with van der Waals surface area (Å²) in [6, 6.07) is 12.6. The van der Waals surface area contributed by atoms with Crippen LogP contribution in [0.4, 0.5) is 5.69 Å². The van der Waals surface area contributed by atoms with Gasteiger partial charge >= 0.3 is 0 Å². The summed E-state index contributed by atoms with van der Waals surface area (Å²) in [5.41, 5.74) is 8.16. The molecule has 0 bridgehead atoms. The Balaban J connectivity index is 2.16. The predicted molar refractivity (Wildman–Crippen MR) is 80.2 cm³/mol. The third kappa shape index (κ3) is 3.57. The van der Waals surface area contributed by atoms with E-state index in [1.807, 2.05) is 37.3 Å². The fraction of sp³-hybridized carbons (Fsp3) is 0.188. The normalized spacial score (nSPS) is 9.90. The summed E-state index contributed by atoms with van der Waals surface area (Å²) in [4.78, 5) is 18.1. The van der Waals surface area contributed by atoms with Crippen LogP contribution in [0.3, 0.4) is 0 Å². The number of hydrogen-bond donors (Lipinski definition) is 1. The second kappa shape index (κ2) is 6.53. The molecule has 0 aliphatic heterocycles. The lowest BCUT2D eigenvalue weighted by Crippen LogP contribution is -2.31. The van der Waals surface area contributed by atoms with Crippen molar-refractivity contribution in [3.8, 4) is 6.07 Å². The molecule has 0 saturated carbocycles. The fourth-order valence-corrected chi connectivity index (χ4v) is 1.99. The van der Waals surface area contributed by atoms with Crippen LogP contribution in [0.25, 0.3) is 0 Å². The monoisotopic (exact) mass is 280 g/mol. The van der Waals surface area contributed by atoms with Crippen molar-refractivity contribution in [2.45, 2.75) is 13.5 Å². The molecule has 5 heteroatoms. The first-order chi connectivity index (χ1) is 10.1. The van der Waals surface area contributed by atoms with E-state index in [-0.39, 0.29) is 5.91 Å². The van der Waals surface area contributed by atoms with Crippen molar-refractivity contribution in [2.24, 2.45) is 0 Å². The van der Waals surface area contributed by atoms with Crippen LogP contribution in [0.15, 0.2) is 42.6 Å². The number of nitrogen functional groups attached to an aromatic ring is 1. The van der Waals surface area contributed by atoms with Gasteiger partial charge < -0.3 is 10.6 Å². The number of benzene rings is 1. The van der Waals surface area contributed by atoms with Crippen molar-refractivity contribution in [3.63, 3.8) is 0 Å². The van der Waals surface area contributed by atoms with Crippen molar-refractivity contribution in [1.29, 1.82) is 5.26 Å². The zero-order valence-electron chi connectivity index (χ0n) is 11.8. The lowest BCUT2D eigenvalue weighted by atomic mass is 10.2. The van der Waals surface area contributed by atoms with E-state index >= 15 is 0 Å². The maximum absolute atomic E-state index is 12.4. The Morgan fingerprint density at radius 3 is 2.76 bits per heavy atom. The molecule has 0 atom stereocenters. The van der Waals surface area contributed by atoms with Crippen LogP contribution in [-0.4, -0.2) is 22.3 Å². The molecule has 1 amide bonds. The van der Waals surface area contributed by atoms with Gasteiger partial charge in [-0.1, -0.05) is 12.1 Å². The Morgan fingerprint density at radius 2 is 2.19 bits per heavy atom. The van der Waals surface area contributed by atoms with E-state index in [1.165, 1.54) is 6.20 Å². The molecule has 0 fully saturated rings. The first-order valence-electron chi connectivity index (χ1n) is 6.64. The Labute approximate surface area is 123 Å². The summed E-state index contributed by atoms with van der Waals surface area (Å²) >= 11 is 0. The van der Waals surface area contributed by atoms with E-state index in [0.29, 0.717) is 30.0 Å². The lowest BCUT2D eigenvalue weighted by Gasteiger charge is -2.20. The molecule has 0 aliphatic rings. The molecule has 2 rings (SSSR count). The lowest BCUT2D eigenvalue weighted by molar-refractivity contribution is 0.0746. The number of carbonyl (C=O) groups is 1.